The zero-order chi connectivity index (χ0) is 18.1. The van der Waals surface area contributed by atoms with Crippen molar-refractivity contribution >= 4 is 28.8 Å². The topological polar surface area (TPSA) is 49.9 Å². The van der Waals surface area contributed by atoms with E-state index in [9.17, 15) is 14.0 Å². The Morgan fingerprint density at radius 2 is 2.15 bits per heavy atom. The number of likely N-dealkylation sites (tertiary alicyclic amines) is 1. The number of carbonyl (C=O) groups is 2. The van der Waals surface area contributed by atoms with E-state index in [-0.39, 0.29) is 24.2 Å². The highest BCUT2D eigenvalue weighted by Gasteiger charge is 2.44. The Bertz CT molecular complexity index is 826. The first-order valence-corrected chi connectivity index (χ1v) is 9.52. The van der Waals surface area contributed by atoms with E-state index in [2.05, 4.69) is 0 Å². The Balaban J connectivity index is 1.55. The Labute approximate surface area is 155 Å². The molecule has 0 bridgehead atoms. The van der Waals surface area contributed by atoms with E-state index in [0.29, 0.717) is 30.9 Å². The van der Waals surface area contributed by atoms with Crippen LogP contribution in [0, 0.1) is 5.82 Å². The largest absolute Gasteiger partial charge is 0.361 e. The van der Waals surface area contributed by atoms with Gasteiger partial charge in [-0.15, -0.1) is 0 Å². The monoisotopic (exact) mass is 374 g/mol. The van der Waals surface area contributed by atoms with Crippen LogP contribution in [0.1, 0.15) is 23.2 Å². The molecule has 1 spiro atoms. The molecule has 2 aliphatic rings. The van der Waals surface area contributed by atoms with E-state index in [1.54, 1.807) is 21.9 Å². The maximum absolute atomic E-state index is 13.6. The van der Waals surface area contributed by atoms with Gasteiger partial charge < -0.3 is 14.5 Å². The lowest BCUT2D eigenvalue weighted by Crippen LogP contribution is -2.62. The molecule has 4 rings (SSSR count). The van der Waals surface area contributed by atoms with Gasteiger partial charge >= 0.3 is 0 Å². The highest BCUT2D eigenvalue weighted by molar-refractivity contribution is 7.08. The lowest BCUT2D eigenvalue weighted by molar-refractivity contribution is -0.144. The van der Waals surface area contributed by atoms with Crippen molar-refractivity contribution in [2.75, 3.05) is 31.1 Å². The number of ether oxygens (including phenoxy) is 1. The number of hydrogen-bond donors (Lipinski definition) is 0. The molecule has 2 fully saturated rings. The van der Waals surface area contributed by atoms with Gasteiger partial charge in [-0.2, -0.15) is 11.3 Å². The summed E-state index contributed by atoms with van der Waals surface area (Å²) < 4.78 is 19.5. The van der Waals surface area contributed by atoms with E-state index < -0.39 is 5.60 Å². The molecule has 1 unspecified atom stereocenters. The van der Waals surface area contributed by atoms with Crippen molar-refractivity contribution in [2.24, 2.45) is 0 Å². The summed E-state index contributed by atoms with van der Waals surface area (Å²) in [6.07, 6.45) is 1.57. The van der Waals surface area contributed by atoms with Gasteiger partial charge in [-0.05, 0) is 42.5 Å². The summed E-state index contributed by atoms with van der Waals surface area (Å²) in [7, 11) is 0. The van der Waals surface area contributed by atoms with Gasteiger partial charge in [0.15, 0.2) is 0 Å². The number of benzene rings is 1. The predicted molar refractivity (Wildman–Crippen MR) is 96.9 cm³/mol. The molecular formula is C19H19FN2O3S. The highest BCUT2D eigenvalue weighted by atomic mass is 32.1. The average molecular weight is 374 g/mol. The lowest BCUT2D eigenvalue weighted by atomic mass is 9.90. The minimum Gasteiger partial charge on any atom is -0.361 e. The van der Waals surface area contributed by atoms with Crippen LogP contribution in [0.5, 0.6) is 0 Å². The second-order valence-electron chi connectivity index (χ2n) is 6.77. The van der Waals surface area contributed by atoms with E-state index in [1.807, 2.05) is 16.8 Å². The molecule has 3 heterocycles. The first-order valence-electron chi connectivity index (χ1n) is 8.58. The van der Waals surface area contributed by atoms with Gasteiger partial charge in [0.1, 0.15) is 18.0 Å². The van der Waals surface area contributed by atoms with Crippen molar-refractivity contribution < 1.29 is 18.7 Å². The fraction of sp³-hybridized carbons (Fsp3) is 0.368. The van der Waals surface area contributed by atoms with Gasteiger partial charge in [0.05, 0.1) is 18.7 Å². The average Bonchev–Trinajstić information content (AvgIpc) is 3.18. The minimum absolute atomic E-state index is 0.0110. The lowest BCUT2D eigenvalue weighted by Gasteiger charge is -2.47. The standard InChI is InChI=1S/C19H19FN2O3S/c20-15-3-1-4-16(9-15)22-13-19(25-10-17(22)23)6-2-7-21(12-19)18(24)14-5-8-26-11-14/h1,3-5,8-9,11H,2,6-7,10,12-13H2. The molecule has 2 saturated heterocycles. The Hall–Kier alpha value is -2.25. The number of nitrogens with zero attached hydrogens (tertiary/aromatic N) is 2. The number of amides is 2. The van der Waals surface area contributed by atoms with Crippen molar-refractivity contribution in [3.63, 3.8) is 0 Å². The van der Waals surface area contributed by atoms with Crippen LogP contribution in [0.4, 0.5) is 10.1 Å². The van der Waals surface area contributed by atoms with Crippen molar-refractivity contribution in [2.45, 2.75) is 18.4 Å². The first kappa shape index (κ1) is 17.2. The SMILES string of the molecule is O=C(c1ccsc1)N1CCCC2(C1)CN(c1cccc(F)c1)C(=O)CO2. The third-order valence-electron chi connectivity index (χ3n) is 4.96. The number of anilines is 1. The van der Waals surface area contributed by atoms with Crippen molar-refractivity contribution in [1.29, 1.82) is 0 Å². The molecule has 0 radical (unpaired) electrons. The molecular weight excluding hydrogens is 355 g/mol. The minimum atomic E-state index is -0.607. The fourth-order valence-corrected chi connectivity index (χ4v) is 4.31. The molecule has 1 atom stereocenters. The van der Waals surface area contributed by atoms with Crippen molar-refractivity contribution in [1.82, 2.24) is 4.90 Å². The number of rotatable bonds is 2. The van der Waals surface area contributed by atoms with Crippen LogP contribution in [-0.4, -0.2) is 48.6 Å². The van der Waals surface area contributed by atoms with E-state index in [1.165, 1.54) is 23.5 Å². The highest BCUT2D eigenvalue weighted by Crippen LogP contribution is 2.32. The number of morpholine rings is 1. The second-order valence-corrected chi connectivity index (χ2v) is 7.55. The molecule has 0 N–H and O–H groups in total. The van der Waals surface area contributed by atoms with E-state index >= 15 is 0 Å². The van der Waals surface area contributed by atoms with Gasteiger partial charge in [0.25, 0.3) is 11.8 Å². The molecule has 1 aromatic heterocycles. The zero-order valence-corrected chi connectivity index (χ0v) is 15.0. The van der Waals surface area contributed by atoms with Crippen molar-refractivity contribution in [3.05, 3.63) is 52.5 Å². The molecule has 2 aromatic rings. The van der Waals surface area contributed by atoms with Crippen LogP contribution in [0.3, 0.4) is 0 Å². The van der Waals surface area contributed by atoms with Crippen LogP contribution >= 0.6 is 11.3 Å². The normalized spacial score (nSPS) is 23.5. The summed E-state index contributed by atoms with van der Waals surface area (Å²) in [5.41, 5.74) is 0.601. The Morgan fingerprint density at radius 1 is 1.27 bits per heavy atom. The summed E-state index contributed by atoms with van der Waals surface area (Å²) in [5.74, 6) is -0.584. The number of thiophene rings is 1. The van der Waals surface area contributed by atoms with Crippen molar-refractivity contribution in [3.8, 4) is 0 Å². The molecule has 5 nitrogen and oxygen atoms in total. The molecule has 1 aromatic carbocycles. The quantitative estimate of drug-likeness (QED) is 0.812. The van der Waals surface area contributed by atoms with Gasteiger partial charge in [0.2, 0.25) is 0 Å². The summed E-state index contributed by atoms with van der Waals surface area (Å²) in [6.45, 7) is 1.37. The second kappa shape index (κ2) is 6.81. The molecule has 2 aliphatic heterocycles. The molecule has 136 valence electrons. The van der Waals surface area contributed by atoms with Crippen LogP contribution in [-0.2, 0) is 9.53 Å². The summed E-state index contributed by atoms with van der Waals surface area (Å²) in [5, 5.41) is 3.72. The third kappa shape index (κ3) is 3.24. The van der Waals surface area contributed by atoms with Gasteiger partial charge in [-0.3, -0.25) is 9.59 Å². The van der Waals surface area contributed by atoms with Gasteiger partial charge in [-0.1, -0.05) is 6.07 Å². The number of hydrogen-bond acceptors (Lipinski definition) is 4. The zero-order valence-electron chi connectivity index (χ0n) is 14.2. The molecule has 7 heteroatoms. The van der Waals surface area contributed by atoms with Crippen LogP contribution in [0.15, 0.2) is 41.1 Å². The molecule has 26 heavy (non-hydrogen) atoms. The maximum Gasteiger partial charge on any atom is 0.254 e. The van der Waals surface area contributed by atoms with Crippen LogP contribution in [0.25, 0.3) is 0 Å². The number of carbonyl (C=O) groups excluding carboxylic acids is 2. The van der Waals surface area contributed by atoms with E-state index in [0.717, 1.165) is 12.8 Å². The van der Waals surface area contributed by atoms with Crippen LogP contribution < -0.4 is 4.90 Å². The van der Waals surface area contributed by atoms with E-state index in [4.69, 9.17) is 4.74 Å². The predicted octanol–water partition coefficient (Wildman–Crippen LogP) is 2.93. The van der Waals surface area contributed by atoms with Gasteiger partial charge in [-0.25, -0.2) is 4.39 Å². The molecule has 2 amide bonds. The summed E-state index contributed by atoms with van der Waals surface area (Å²) in [6, 6.07) is 7.84. The first-order chi connectivity index (χ1) is 12.6. The smallest absolute Gasteiger partial charge is 0.254 e. The Morgan fingerprint density at radius 3 is 2.92 bits per heavy atom. The van der Waals surface area contributed by atoms with Crippen LogP contribution in [0.2, 0.25) is 0 Å². The third-order valence-corrected chi connectivity index (χ3v) is 5.65. The van der Waals surface area contributed by atoms with Gasteiger partial charge in [0, 0.05) is 17.6 Å². The fourth-order valence-electron chi connectivity index (χ4n) is 3.68. The summed E-state index contributed by atoms with van der Waals surface area (Å²) in [4.78, 5) is 28.4. The summed E-state index contributed by atoms with van der Waals surface area (Å²) >= 11 is 1.49. The maximum atomic E-state index is 13.6. The molecule has 0 aliphatic carbocycles. The number of halogens is 1. The molecule has 0 saturated carbocycles. The number of piperidine rings is 1. The Kier molecular flexibility index (Phi) is 4.50.